The van der Waals surface area contributed by atoms with Gasteiger partial charge in [-0.05, 0) is 49.6 Å². The molecular weight excluding hydrogens is 336 g/mol. The van der Waals surface area contributed by atoms with Crippen molar-refractivity contribution in [1.29, 1.82) is 0 Å². The van der Waals surface area contributed by atoms with Crippen LogP contribution in [0.1, 0.15) is 34.0 Å². The lowest BCUT2D eigenvalue weighted by molar-refractivity contribution is 0.0472. The van der Waals surface area contributed by atoms with Gasteiger partial charge >= 0.3 is 5.97 Å². The van der Waals surface area contributed by atoms with Gasteiger partial charge in [-0.25, -0.2) is 9.79 Å². The van der Waals surface area contributed by atoms with Crippen LogP contribution >= 0.6 is 11.6 Å². The first-order valence-corrected chi connectivity index (χ1v) is 8.56. The largest absolute Gasteiger partial charge is 0.457 e. The van der Waals surface area contributed by atoms with Gasteiger partial charge in [-0.1, -0.05) is 35.9 Å². The Morgan fingerprint density at radius 1 is 1.24 bits per heavy atom. The van der Waals surface area contributed by atoms with Gasteiger partial charge in [0, 0.05) is 13.6 Å². The summed E-state index contributed by atoms with van der Waals surface area (Å²) in [6.45, 7) is 7.01. The van der Waals surface area contributed by atoms with Gasteiger partial charge in [0.1, 0.15) is 6.61 Å². The van der Waals surface area contributed by atoms with Crippen LogP contribution in [0.2, 0.25) is 5.02 Å². The van der Waals surface area contributed by atoms with E-state index >= 15 is 0 Å². The quantitative estimate of drug-likeness (QED) is 0.418. The second kappa shape index (κ2) is 8.67. The smallest absolute Gasteiger partial charge is 0.339 e. The number of hydrogen-bond acceptors (Lipinski definition) is 3. The van der Waals surface area contributed by atoms with E-state index in [1.165, 1.54) is 0 Å². The minimum absolute atomic E-state index is 0.224. The molecule has 0 aliphatic heterocycles. The molecule has 0 aromatic heterocycles. The van der Waals surface area contributed by atoms with Crippen LogP contribution < -0.4 is 0 Å². The first-order chi connectivity index (χ1) is 11.9. The minimum atomic E-state index is -0.433. The second-order valence-electron chi connectivity index (χ2n) is 5.94. The number of nitrogens with zero attached hydrogens (tertiary/aromatic N) is 2. The molecule has 0 fully saturated rings. The summed E-state index contributed by atoms with van der Waals surface area (Å²) in [5, 5.41) is 0.340. The highest BCUT2D eigenvalue weighted by atomic mass is 35.5. The predicted molar refractivity (Wildman–Crippen MR) is 103 cm³/mol. The normalized spacial score (nSPS) is 10.9. The van der Waals surface area contributed by atoms with Gasteiger partial charge in [0.05, 0.1) is 22.6 Å². The molecule has 0 spiro atoms. The molecule has 0 heterocycles. The van der Waals surface area contributed by atoms with E-state index in [1.807, 2.05) is 57.0 Å². The van der Waals surface area contributed by atoms with Gasteiger partial charge < -0.3 is 9.64 Å². The molecule has 2 rings (SSSR count). The van der Waals surface area contributed by atoms with Crippen LogP contribution in [0.3, 0.4) is 0 Å². The summed E-state index contributed by atoms with van der Waals surface area (Å²) in [7, 11) is 1.94. The molecule has 0 aliphatic carbocycles. The summed E-state index contributed by atoms with van der Waals surface area (Å²) in [6, 6.07) is 11.2. The first-order valence-electron chi connectivity index (χ1n) is 8.18. The summed E-state index contributed by atoms with van der Waals surface area (Å²) < 4.78 is 5.42. The molecule has 0 aliphatic rings. The van der Waals surface area contributed by atoms with Crippen LogP contribution in [0.25, 0.3) is 0 Å². The maximum Gasteiger partial charge on any atom is 0.339 e. The Kier molecular flexibility index (Phi) is 6.59. The molecule has 132 valence electrons. The van der Waals surface area contributed by atoms with Crippen molar-refractivity contribution < 1.29 is 9.53 Å². The van der Waals surface area contributed by atoms with Crippen molar-refractivity contribution in [2.24, 2.45) is 4.99 Å². The van der Waals surface area contributed by atoms with E-state index in [-0.39, 0.29) is 6.61 Å². The maximum atomic E-state index is 12.4. The van der Waals surface area contributed by atoms with E-state index in [9.17, 15) is 4.79 Å². The molecule has 0 N–H and O–H groups in total. The van der Waals surface area contributed by atoms with E-state index in [0.717, 1.165) is 28.9 Å². The first kappa shape index (κ1) is 19.0. The van der Waals surface area contributed by atoms with E-state index in [4.69, 9.17) is 16.3 Å². The number of carbonyl (C=O) groups is 1. The molecule has 0 atom stereocenters. The molecule has 2 aromatic carbocycles. The summed E-state index contributed by atoms with van der Waals surface area (Å²) >= 11 is 6.27. The number of esters is 1. The van der Waals surface area contributed by atoms with Crippen molar-refractivity contribution in [1.82, 2.24) is 4.90 Å². The third-order valence-corrected chi connectivity index (χ3v) is 4.33. The van der Waals surface area contributed by atoms with Gasteiger partial charge in [-0.15, -0.1) is 0 Å². The lowest BCUT2D eigenvalue weighted by Gasteiger charge is -2.11. The Hall–Kier alpha value is -2.33. The summed E-state index contributed by atoms with van der Waals surface area (Å²) in [5.74, 6) is -0.433. The van der Waals surface area contributed by atoms with Gasteiger partial charge in [-0.2, -0.15) is 0 Å². The molecule has 0 amide bonds. The number of carbonyl (C=O) groups excluding carboxylic acids is 1. The maximum absolute atomic E-state index is 12.4. The molecule has 25 heavy (non-hydrogen) atoms. The Morgan fingerprint density at radius 3 is 2.64 bits per heavy atom. The Labute approximate surface area is 154 Å². The zero-order valence-corrected chi connectivity index (χ0v) is 15.8. The van der Waals surface area contributed by atoms with Crippen LogP contribution in [0, 0.1) is 13.8 Å². The number of hydrogen-bond donors (Lipinski definition) is 0. The number of aliphatic imine (C=N–C) groups is 1. The standard InChI is InChI=1S/C20H23ClN2O2/c1-5-23(4)13-22-19-11-18(21)17(10-15(19)3)20(24)25-12-16-9-7-6-8-14(16)2/h6-11,13H,5,12H2,1-4H3. The second-order valence-corrected chi connectivity index (χ2v) is 6.35. The Bertz CT molecular complexity index is 787. The molecule has 0 bridgehead atoms. The van der Waals surface area contributed by atoms with Crippen molar-refractivity contribution >= 4 is 29.6 Å². The topological polar surface area (TPSA) is 41.9 Å². The number of aryl methyl sites for hydroxylation is 2. The van der Waals surface area contributed by atoms with Crippen molar-refractivity contribution in [3.05, 3.63) is 63.7 Å². The summed E-state index contributed by atoms with van der Waals surface area (Å²) in [6.07, 6.45) is 1.74. The minimum Gasteiger partial charge on any atom is -0.457 e. The lowest BCUT2D eigenvalue weighted by Crippen LogP contribution is -2.14. The zero-order valence-electron chi connectivity index (χ0n) is 15.0. The van der Waals surface area contributed by atoms with Crippen molar-refractivity contribution in [2.45, 2.75) is 27.4 Å². The number of rotatable bonds is 6. The lowest BCUT2D eigenvalue weighted by atomic mass is 10.1. The molecular formula is C20H23ClN2O2. The fourth-order valence-corrected chi connectivity index (χ4v) is 2.44. The summed E-state index contributed by atoms with van der Waals surface area (Å²) in [4.78, 5) is 18.7. The molecule has 4 nitrogen and oxygen atoms in total. The van der Waals surface area contributed by atoms with Crippen molar-refractivity contribution in [3.63, 3.8) is 0 Å². The third-order valence-electron chi connectivity index (χ3n) is 4.02. The molecule has 0 unspecified atom stereocenters. The number of ether oxygens (including phenoxy) is 1. The average Bonchev–Trinajstić information content (AvgIpc) is 2.60. The van der Waals surface area contributed by atoms with Crippen LogP contribution in [0.5, 0.6) is 0 Å². The fraction of sp³-hybridized carbons (Fsp3) is 0.300. The third kappa shape index (κ3) is 5.07. The van der Waals surface area contributed by atoms with Crippen LogP contribution in [0.4, 0.5) is 5.69 Å². The molecule has 2 aromatic rings. The molecule has 0 radical (unpaired) electrons. The highest BCUT2D eigenvalue weighted by Gasteiger charge is 2.15. The number of halogens is 1. The fourth-order valence-electron chi connectivity index (χ4n) is 2.20. The van der Waals surface area contributed by atoms with Crippen LogP contribution in [0.15, 0.2) is 41.4 Å². The zero-order chi connectivity index (χ0) is 18.4. The Morgan fingerprint density at radius 2 is 1.96 bits per heavy atom. The SMILES string of the molecule is CCN(C)C=Nc1cc(Cl)c(C(=O)OCc2ccccc2C)cc1C. The predicted octanol–water partition coefficient (Wildman–Crippen LogP) is 4.93. The van der Waals surface area contributed by atoms with Gasteiger partial charge in [0.15, 0.2) is 0 Å². The van der Waals surface area contributed by atoms with Crippen molar-refractivity contribution in [2.75, 3.05) is 13.6 Å². The Balaban J connectivity index is 2.13. The average molecular weight is 359 g/mol. The molecule has 0 saturated heterocycles. The van der Waals surface area contributed by atoms with Gasteiger partial charge in [-0.3, -0.25) is 0 Å². The molecule has 0 saturated carbocycles. The summed E-state index contributed by atoms with van der Waals surface area (Å²) in [5.41, 5.74) is 4.03. The van der Waals surface area contributed by atoms with E-state index in [0.29, 0.717) is 10.6 Å². The van der Waals surface area contributed by atoms with E-state index in [1.54, 1.807) is 18.5 Å². The highest BCUT2D eigenvalue weighted by Crippen LogP contribution is 2.28. The monoisotopic (exact) mass is 358 g/mol. The van der Waals surface area contributed by atoms with Gasteiger partial charge in [0.25, 0.3) is 0 Å². The van der Waals surface area contributed by atoms with Crippen LogP contribution in [-0.2, 0) is 11.3 Å². The number of benzene rings is 2. The van der Waals surface area contributed by atoms with E-state index < -0.39 is 5.97 Å². The molecule has 5 heteroatoms. The van der Waals surface area contributed by atoms with Gasteiger partial charge in [0.2, 0.25) is 0 Å². The van der Waals surface area contributed by atoms with Crippen LogP contribution in [-0.4, -0.2) is 30.8 Å². The van der Waals surface area contributed by atoms with E-state index in [2.05, 4.69) is 4.99 Å². The highest BCUT2D eigenvalue weighted by molar-refractivity contribution is 6.33. The van der Waals surface area contributed by atoms with Crippen molar-refractivity contribution in [3.8, 4) is 0 Å².